The molecule has 3 rings (SSSR count). The minimum Gasteiger partial charge on any atom is -0.325 e. The Kier molecular flexibility index (Phi) is 5.65. The lowest BCUT2D eigenvalue weighted by Gasteiger charge is -2.14. The molecule has 1 N–H and O–H groups in total. The molecule has 1 aromatic carbocycles. The van der Waals surface area contributed by atoms with Crippen molar-refractivity contribution < 1.29 is 14.4 Å². The fourth-order valence-corrected chi connectivity index (χ4v) is 4.25. The zero-order chi connectivity index (χ0) is 18.7. The van der Waals surface area contributed by atoms with Crippen molar-refractivity contribution in [1.29, 1.82) is 0 Å². The summed E-state index contributed by atoms with van der Waals surface area (Å²) in [7, 11) is 0. The Hall–Kier alpha value is -2.29. The number of carbonyl (C=O) groups excluding carboxylic acids is 3. The Morgan fingerprint density at radius 1 is 1.23 bits per heavy atom. The maximum Gasteiger partial charge on any atom is 0.266 e. The molecule has 1 aliphatic heterocycles. The fourth-order valence-electron chi connectivity index (χ4n) is 2.27. The van der Waals surface area contributed by atoms with Gasteiger partial charge in [-0.25, -0.2) is 0 Å². The van der Waals surface area contributed by atoms with Crippen LogP contribution in [-0.4, -0.2) is 33.4 Å². The highest BCUT2D eigenvalue weighted by atomic mass is 32.2. The highest BCUT2D eigenvalue weighted by molar-refractivity contribution is 8.26. The molecular weight excluding hydrogens is 388 g/mol. The van der Waals surface area contributed by atoms with Gasteiger partial charge in [0.15, 0.2) is 5.78 Å². The number of nitrogens with one attached hydrogen (secondary N) is 1. The summed E-state index contributed by atoms with van der Waals surface area (Å²) in [6, 6.07) is 10.4. The summed E-state index contributed by atoms with van der Waals surface area (Å²) >= 11 is 7.95. The van der Waals surface area contributed by atoms with Crippen LogP contribution in [0, 0.1) is 0 Å². The zero-order valence-corrected chi connectivity index (χ0v) is 16.2. The van der Waals surface area contributed by atoms with E-state index in [9.17, 15) is 14.4 Å². The Morgan fingerprint density at radius 2 is 1.96 bits per heavy atom. The SMILES string of the molecule is CC(=O)c1ccc(NC(=O)CN2C(=O)/C(=C\c3cccs3)SC2=S)cc1. The summed E-state index contributed by atoms with van der Waals surface area (Å²) in [5, 5.41) is 4.63. The maximum atomic E-state index is 12.5. The number of thiocarbonyl (C=S) groups is 1. The van der Waals surface area contributed by atoms with Gasteiger partial charge >= 0.3 is 0 Å². The number of amides is 2. The minimum atomic E-state index is -0.353. The summed E-state index contributed by atoms with van der Waals surface area (Å²) < 4.78 is 0.361. The summed E-state index contributed by atoms with van der Waals surface area (Å²) in [5.41, 5.74) is 1.12. The van der Waals surface area contributed by atoms with Gasteiger partial charge in [0.2, 0.25) is 5.91 Å². The lowest BCUT2D eigenvalue weighted by molar-refractivity contribution is -0.126. The van der Waals surface area contributed by atoms with Crippen LogP contribution in [0.15, 0.2) is 46.7 Å². The molecule has 5 nitrogen and oxygen atoms in total. The molecule has 1 aliphatic rings. The van der Waals surface area contributed by atoms with Crippen molar-refractivity contribution in [2.45, 2.75) is 6.92 Å². The molecule has 0 aliphatic carbocycles. The van der Waals surface area contributed by atoms with Crippen LogP contribution < -0.4 is 5.32 Å². The summed E-state index contributed by atoms with van der Waals surface area (Å²) in [6.45, 7) is 1.33. The predicted octanol–water partition coefficient (Wildman–Crippen LogP) is 3.79. The molecule has 1 fully saturated rings. The third kappa shape index (κ3) is 4.27. The smallest absolute Gasteiger partial charge is 0.266 e. The third-order valence-corrected chi connectivity index (χ3v) is 5.76. The lowest BCUT2D eigenvalue weighted by Crippen LogP contribution is -2.36. The van der Waals surface area contributed by atoms with Crippen molar-refractivity contribution >= 4 is 69.0 Å². The molecule has 0 spiro atoms. The number of carbonyl (C=O) groups is 3. The standard InChI is InChI=1S/C18H14N2O3S3/c1-11(21)12-4-6-13(7-5-12)19-16(22)10-20-17(23)15(26-18(20)24)9-14-3-2-8-25-14/h2-9H,10H2,1H3,(H,19,22)/b15-9+. The average molecular weight is 403 g/mol. The second-order valence-corrected chi connectivity index (χ2v) is 8.12. The number of hydrogen-bond donors (Lipinski definition) is 1. The molecule has 0 atom stereocenters. The molecule has 1 saturated heterocycles. The number of Topliss-reactive ketones (excluding diaryl/α,β-unsaturated/α-hetero) is 1. The molecule has 0 unspecified atom stereocenters. The molecule has 2 heterocycles. The Labute approximate surface area is 164 Å². The van der Waals surface area contributed by atoms with E-state index in [1.165, 1.54) is 34.9 Å². The van der Waals surface area contributed by atoms with Crippen molar-refractivity contribution in [2.24, 2.45) is 0 Å². The van der Waals surface area contributed by atoms with Gasteiger partial charge in [0, 0.05) is 16.1 Å². The number of anilines is 1. The first-order chi connectivity index (χ1) is 12.4. The van der Waals surface area contributed by atoms with Crippen LogP contribution in [0.25, 0.3) is 6.08 Å². The first-order valence-electron chi connectivity index (χ1n) is 7.64. The van der Waals surface area contributed by atoms with Crippen LogP contribution in [0.3, 0.4) is 0 Å². The minimum absolute atomic E-state index is 0.0435. The van der Waals surface area contributed by atoms with E-state index in [-0.39, 0.29) is 24.1 Å². The van der Waals surface area contributed by atoms with Crippen molar-refractivity contribution in [2.75, 3.05) is 11.9 Å². The maximum absolute atomic E-state index is 12.5. The van der Waals surface area contributed by atoms with Gasteiger partial charge in [-0.05, 0) is 48.7 Å². The van der Waals surface area contributed by atoms with E-state index in [1.807, 2.05) is 17.5 Å². The van der Waals surface area contributed by atoms with Crippen LogP contribution in [0.2, 0.25) is 0 Å². The monoisotopic (exact) mass is 402 g/mol. The van der Waals surface area contributed by atoms with Gasteiger partial charge in [0.25, 0.3) is 5.91 Å². The Bertz CT molecular complexity index is 902. The second-order valence-electron chi connectivity index (χ2n) is 5.46. The number of nitrogens with zero attached hydrogens (tertiary/aromatic N) is 1. The van der Waals surface area contributed by atoms with Gasteiger partial charge < -0.3 is 5.32 Å². The topological polar surface area (TPSA) is 66.5 Å². The summed E-state index contributed by atoms with van der Waals surface area (Å²) in [6.07, 6.45) is 1.78. The molecule has 0 bridgehead atoms. The lowest BCUT2D eigenvalue weighted by atomic mass is 10.1. The number of benzene rings is 1. The molecule has 26 heavy (non-hydrogen) atoms. The van der Waals surface area contributed by atoms with E-state index in [0.29, 0.717) is 20.5 Å². The third-order valence-electron chi connectivity index (χ3n) is 3.57. The van der Waals surface area contributed by atoms with Crippen molar-refractivity contribution in [3.05, 3.63) is 57.1 Å². The molecule has 1 aromatic heterocycles. The van der Waals surface area contributed by atoms with Gasteiger partial charge in [-0.1, -0.05) is 30.0 Å². The average Bonchev–Trinajstić information content (AvgIpc) is 3.20. The zero-order valence-electron chi connectivity index (χ0n) is 13.7. The largest absolute Gasteiger partial charge is 0.325 e. The molecule has 0 radical (unpaired) electrons. The predicted molar refractivity (Wildman–Crippen MR) is 109 cm³/mol. The first-order valence-corrected chi connectivity index (χ1v) is 9.74. The number of hydrogen-bond acceptors (Lipinski definition) is 6. The van der Waals surface area contributed by atoms with Gasteiger partial charge in [0.05, 0.1) is 4.91 Å². The number of thiophene rings is 1. The van der Waals surface area contributed by atoms with Gasteiger partial charge in [0.1, 0.15) is 10.9 Å². The first kappa shape index (κ1) is 18.5. The molecule has 132 valence electrons. The van der Waals surface area contributed by atoms with Crippen LogP contribution in [0.4, 0.5) is 5.69 Å². The highest BCUT2D eigenvalue weighted by Crippen LogP contribution is 2.33. The summed E-state index contributed by atoms with van der Waals surface area (Å²) in [4.78, 5) is 38.8. The van der Waals surface area contributed by atoms with Gasteiger partial charge in [-0.2, -0.15) is 0 Å². The van der Waals surface area contributed by atoms with Gasteiger partial charge in [-0.3, -0.25) is 19.3 Å². The Balaban J connectivity index is 1.64. The fraction of sp³-hybridized carbons (Fsp3) is 0.111. The number of rotatable bonds is 5. The van der Waals surface area contributed by atoms with E-state index in [4.69, 9.17) is 12.2 Å². The molecule has 0 saturated carbocycles. The number of ketones is 1. The van der Waals surface area contributed by atoms with E-state index in [1.54, 1.807) is 30.3 Å². The molecular formula is C18H14N2O3S3. The van der Waals surface area contributed by atoms with E-state index in [0.717, 1.165) is 4.88 Å². The van der Waals surface area contributed by atoms with E-state index in [2.05, 4.69) is 5.32 Å². The molecule has 2 amide bonds. The number of thioether (sulfide) groups is 1. The normalized spacial score (nSPS) is 15.6. The van der Waals surface area contributed by atoms with E-state index >= 15 is 0 Å². The van der Waals surface area contributed by atoms with Gasteiger partial charge in [-0.15, -0.1) is 11.3 Å². The second kappa shape index (κ2) is 7.94. The highest BCUT2D eigenvalue weighted by Gasteiger charge is 2.33. The summed E-state index contributed by atoms with van der Waals surface area (Å²) in [5.74, 6) is -0.664. The van der Waals surface area contributed by atoms with E-state index < -0.39 is 0 Å². The molecule has 2 aromatic rings. The molecule has 8 heteroatoms. The van der Waals surface area contributed by atoms with Crippen LogP contribution in [0.5, 0.6) is 0 Å². The van der Waals surface area contributed by atoms with Crippen molar-refractivity contribution in [3.63, 3.8) is 0 Å². The van der Waals surface area contributed by atoms with Crippen LogP contribution in [0.1, 0.15) is 22.2 Å². The van der Waals surface area contributed by atoms with Crippen LogP contribution >= 0.6 is 35.3 Å². The quantitative estimate of drug-likeness (QED) is 0.468. The Morgan fingerprint density at radius 3 is 2.58 bits per heavy atom. The van der Waals surface area contributed by atoms with Crippen molar-refractivity contribution in [1.82, 2.24) is 4.90 Å². The van der Waals surface area contributed by atoms with Crippen LogP contribution in [-0.2, 0) is 9.59 Å². The van der Waals surface area contributed by atoms with Crippen molar-refractivity contribution in [3.8, 4) is 0 Å².